The molecule has 11 nitrogen and oxygen atoms in total. The van der Waals surface area contributed by atoms with Gasteiger partial charge in [0, 0.05) is 26.7 Å². The average Bonchev–Trinajstić information content (AvgIpc) is 2.96. The molecule has 2 heterocycles. The number of carbonyl (C=O) groups is 1. The molecule has 1 atom stereocenters. The number of hydrogen-bond acceptors (Lipinski definition) is 9. The molecule has 11 heteroatoms. The number of nitriles is 1. The molecule has 1 unspecified atom stereocenters. The molecule has 0 aliphatic rings. The summed E-state index contributed by atoms with van der Waals surface area (Å²) in [5.74, 6) is -4.31. The van der Waals surface area contributed by atoms with Crippen molar-refractivity contribution in [1.29, 1.82) is 5.26 Å². The Hall–Kier alpha value is -3.10. The van der Waals surface area contributed by atoms with Gasteiger partial charge in [0.15, 0.2) is 5.75 Å². The molecule has 0 radical (unpaired) electrons. The molecule has 152 valence electrons. The van der Waals surface area contributed by atoms with Crippen LogP contribution in [-0.2, 0) is 4.79 Å². The third-order valence-corrected chi connectivity index (χ3v) is 4.49. The molecule has 0 spiro atoms. The van der Waals surface area contributed by atoms with Crippen molar-refractivity contribution >= 4 is 22.8 Å². The van der Waals surface area contributed by atoms with E-state index >= 15 is 0 Å². The first-order valence-electron chi connectivity index (χ1n) is 8.73. The summed E-state index contributed by atoms with van der Waals surface area (Å²) in [6, 6.07) is 1.17. The Morgan fingerprint density at radius 2 is 2.07 bits per heavy atom. The van der Waals surface area contributed by atoms with Gasteiger partial charge in [0.1, 0.15) is 29.2 Å². The Morgan fingerprint density at radius 1 is 1.39 bits per heavy atom. The van der Waals surface area contributed by atoms with Gasteiger partial charge in [-0.25, -0.2) is 9.97 Å². The fourth-order valence-electron chi connectivity index (χ4n) is 2.96. The summed E-state index contributed by atoms with van der Waals surface area (Å²) in [7, 11) is 1.77. The molecule has 28 heavy (non-hydrogen) atoms. The summed E-state index contributed by atoms with van der Waals surface area (Å²) in [5, 5.41) is 47.5. The predicted molar refractivity (Wildman–Crippen MR) is 99.3 cm³/mol. The first kappa shape index (κ1) is 21.2. The molecule has 0 fully saturated rings. The number of H-pyrrole nitrogens is 1. The Labute approximate surface area is 161 Å². The maximum atomic E-state index is 12.0. The van der Waals surface area contributed by atoms with Crippen LogP contribution < -0.4 is 4.90 Å². The molecule has 0 aromatic carbocycles. The molecule has 0 aliphatic heterocycles. The van der Waals surface area contributed by atoms with Crippen LogP contribution in [0.2, 0.25) is 0 Å². The van der Waals surface area contributed by atoms with Crippen LogP contribution in [0.3, 0.4) is 0 Å². The van der Waals surface area contributed by atoms with Crippen LogP contribution in [0.1, 0.15) is 20.3 Å². The summed E-state index contributed by atoms with van der Waals surface area (Å²) in [5.41, 5.74) is 0.306. The number of nitrogens with one attached hydrogen (secondary N) is 1. The quantitative estimate of drug-likeness (QED) is 0.303. The second-order valence-electron chi connectivity index (χ2n) is 6.69. The summed E-state index contributed by atoms with van der Waals surface area (Å²) in [6.07, 6.45) is 1.85. The Bertz CT molecular complexity index is 890. The second-order valence-corrected chi connectivity index (χ2v) is 6.69. The lowest BCUT2D eigenvalue weighted by Crippen LogP contribution is -2.48. The molecule has 0 bridgehead atoms. The van der Waals surface area contributed by atoms with Crippen molar-refractivity contribution in [3.05, 3.63) is 6.33 Å². The molecule has 0 saturated carbocycles. The predicted octanol–water partition coefficient (Wildman–Crippen LogP) is -0.116. The van der Waals surface area contributed by atoms with Gasteiger partial charge >= 0.3 is 5.79 Å². The molecule has 1 amide bonds. The fourth-order valence-corrected chi connectivity index (χ4v) is 2.96. The highest BCUT2D eigenvalue weighted by molar-refractivity contribution is 5.95. The van der Waals surface area contributed by atoms with Gasteiger partial charge in [-0.15, -0.1) is 0 Å². The summed E-state index contributed by atoms with van der Waals surface area (Å²) >= 11 is 0. The van der Waals surface area contributed by atoms with Gasteiger partial charge in [0.25, 0.3) is 5.91 Å². The van der Waals surface area contributed by atoms with E-state index in [-0.39, 0.29) is 30.6 Å². The van der Waals surface area contributed by atoms with Gasteiger partial charge in [-0.3, -0.25) is 4.79 Å². The van der Waals surface area contributed by atoms with E-state index in [1.165, 1.54) is 17.3 Å². The Kier molecular flexibility index (Phi) is 6.27. The molecular weight excluding hydrogens is 368 g/mol. The maximum absolute atomic E-state index is 12.0. The van der Waals surface area contributed by atoms with E-state index < -0.39 is 11.7 Å². The lowest BCUT2D eigenvalue weighted by atomic mass is 10.1. The van der Waals surface area contributed by atoms with Crippen LogP contribution in [0.25, 0.3) is 11.0 Å². The molecule has 2 aromatic heterocycles. The van der Waals surface area contributed by atoms with Crippen molar-refractivity contribution in [3.8, 4) is 17.7 Å². The topological polar surface area (TPSA) is 170 Å². The number of aromatic amines is 1. The van der Waals surface area contributed by atoms with E-state index in [0.29, 0.717) is 29.8 Å². The van der Waals surface area contributed by atoms with Gasteiger partial charge in [0.2, 0.25) is 5.88 Å². The zero-order valence-corrected chi connectivity index (χ0v) is 15.9. The van der Waals surface area contributed by atoms with Gasteiger partial charge in [0.05, 0.1) is 0 Å². The largest absolute Gasteiger partial charge is 0.503 e. The summed E-state index contributed by atoms with van der Waals surface area (Å²) in [4.78, 5) is 25.7. The molecule has 2 rings (SSSR count). The number of aliphatic hydroxyl groups is 2. The SMILES string of the molecule is CCN(CCC(C)CN(C)c1ncnc2[nH]c(O)c(O)c12)C(=O)C(O)(O)C#N. The van der Waals surface area contributed by atoms with Gasteiger partial charge in [-0.2, -0.15) is 5.26 Å². The lowest BCUT2D eigenvalue weighted by molar-refractivity contribution is -0.177. The second kappa shape index (κ2) is 8.28. The van der Waals surface area contributed by atoms with Crippen molar-refractivity contribution < 1.29 is 25.2 Å². The third kappa shape index (κ3) is 4.24. The van der Waals surface area contributed by atoms with Crippen molar-refractivity contribution in [3.63, 3.8) is 0 Å². The van der Waals surface area contributed by atoms with Crippen LogP contribution in [0.4, 0.5) is 5.82 Å². The molecule has 0 saturated heterocycles. The summed E-state index contributed by atoms with van der Waals surface area (Å²) in [6.45, 7) is 4.60. The number of carbonyl (C=O) groups excluding carboxylic acids is 1. The normalized spacial score (nSPS) is 12.6. The van der Waals surface area contributed by atoms with Crippen LogP contribution in [0.5, 0.6) is 11.6 Å². The first-order valence-corrected chi connectivity index (χ1v) is 8.73. The molecule has 0 aliphatic carbocycles. The minimum Gasteiger partial charge on any atom is -0.503 e. The highest BCUT2D eigenvalue weighted by atomic mass is 16.5. The maximum Gasteiger partial charge on any atom is 0.336 e. The van der Waals surface area contributed by atoms with Crippen molar-refractivity contribution in [1.82, 2.24) is 19.9 Å². The van der Waals surface area contributed by atoms with Crippen molar-refractivity contribution in [2.75, 3.05) is 31.6 Å². The van der Waals surface area contributed by atoms with E-state index in [0.717, 1.165) is 0 Å². The number of nitrogens with zero attached hydrogens (tertiary/aromatic N) is 5. The van der Waals surface area contributed by atoms with Crippen LogP contribution in [0.15, 0.2) is 6.33 Å². The van der Waals surface area contributed by atoms with Gasteiger partial charge in [-0.05, 0) is 19.3 Å². The first-order chi connectivity index (χ1) is 13.1. The van der Waals surface area contributed by atoms with Crippen LogP contribution in [-0.4, -0.2) is 78.7 Å². The number of anilines is 1. The van der Waals surface area contributed by atoms with E-state index in [1.807, 2.05) is 6.92 Å². The minimum atomic E-state index is -3.03. The number of aromatic nitrogens is 3. The fraction of sp³-hybridized carbons (Fsp3) is 0.529. The number of amides is 1. The van der Waals surface area contributed by atoms with Gasteiger partial charge in [-0.1, -0.05) is 6.92 Å². The number of fused-ring (bicyclic) bond motifs is 1. The number of likely N-dealkylation sites (N-methyl/N-ethyl adjacent to an activating group) is 1. The highest BCUT2D eigenvalue weighted by Gasteiger charge is 2.37. The van der Waals surface area contributed by atoms with Crippen molar-refractivity contribution in [2.45, 2.75) is 26.1 Å². The third-order valence-electron chi connectivity index (χ3n) is 4.49. The highest BCUT2D eigenvalue weighted by Crippen LogP contribution is 2.37. The van der Waals surface area contributed by atoms with Gasteiger partial charge < -0.3 is 35.2 Å². The Morgan fingerprint density at radius 3 is 2.68 bits per heavy atom. The number of rotatable bonds is 8. The van der Waals surface area contributed by atoms with Crippen LogP contribution >= 0.6 is 0 Å². The molecule has 2 aromatic rings. The molecular formula is C17H24N6O5. The zero-order valence-electron chi connectivity index (χ0n) is 15.9. The standard InChI is InChI=1S/C17H24N6O5/c1-4-23(16(26)17(27,28)8-18)6-5-10(2)7-22(3)14-11-12(24)15(25)21-13(11)19-9-20-14/h9-10,24-25,27-28H,4-7H2,1-3H3,(H,19,20,21). The lowest BCUT2D eigenvalue weighted by Gasteiger charge is -2.27. The average molecular weight is 392 g/mol. The number of hydrogen-bond donors (Lipinski definition) is 5. The monoisotopic (exact) mass is 392 g/mol. The zero-order chi connectivity index (χ0) is 21.1. The molecule has 5 N–H and O–H groups in total. The van der Waals surface area contributed by atoms with Crippen molar-refractivity contribution in [2.24, 2.45) is 5.92 Å². The summed E-state index contributed by atoms with van der Waals surface area (Å²) < 4.78 is 0. The van der Waals surface area contributed by atoms with E-state index in [2.05, 4.69) is 15.0 Å². The van der Waals surface area contributed by atoms with Crippen LogP contribution in [0, 0.1) is 17.2 Å². The van der Waals surface area contributed by atoms with E-state index in [9.17, 15) is 25.2 Å². The smallest absolute Gasteiger partial charge is 0.336 e. The minimum absolute atomic E-state index is 0.0559. The number of aromatic hydroxyl groups is 2. The Balaban J connectivity index is 2.04. The van der Waals surface area contributed by atoms with E-state index in [1.54, 1.807) is 18.9 Å². The van der Waals surface area contributed by atoms with E-state index in [4.69, 9.17) is 5.26 Å².